The molecule has 0 bridgehead atoms. The predicted octanol–water partition coefficient (Wildman–Crippen LogP) is 6.78. The van der Waals surface area contributed by atoms with Crippen molar-refractivity contribution in [3.8, 4) is 0 Å². The molecule has 112 valence electrons. The molecule has 0 saturated heterocycles. The van der Waals surface area contributed by atoms with E-state index in [-0.39, 0.29) is 0 Å². The van der Waals surface area contributed by atoms with Crippen LogP contribution in [-0.2, 0) is 13.0 Å². The van der Waals surface area contributed by atoms with Crippen LogP contribution in [0.3, 0.4) is 0 Å². The minimum absolute atomic E-state index is 0.698. The van der Waals surface area contributed by atoms with Crippen LogP contribution in [0.1, 0.15) is 25.0 Å². The zero-order chi connectivity index (χ0) is 15.4. The van der Waals surface area contributed by atoms with E-state index in [1.807, 2.05) is 12.1 Å². The maximum absolute atomic E-state index is 3.59. The van der Waals surface area contributed by atoms with E-state index in [2.05, 4.69) is 91.2 Å². The lowest BCUT2D eigenvalue weighted by molar-refractivity contribution is 0.647. The van der Waals surface area contributed by atoms with E-state index in [9.17, 15) is 0 Å². The number of hydrogen-bond donors (Lipinski definition) is 1. The van der Waals surface area contributed by atoms with E-state index in [1.54, 1.807) is 0 Å². The van der Waals surface area contributed by atoms with Gasteiger partial charge in [0.15, 0.2) is 0 Å². The predicted molar refractivity (Wildman–Crippen MR) is 102 cm³/mol. The van der Waals surface area contributed by atoms with Gasteiger partial charge in [-0.05, 0) is 67.5 Å². The molecule has 4 heteroatoms. The Kier molecular flexibility index (Phi) is 6.33. The summed E-state index contributed by atoms with van der Waals surface area (Å²) in [4.78, 5) is 0. The summed E-state index contributed by atoms with van der Waals surface area (Å²) in [6, 6.07) is 12.9. The molecular formula is C17H18Br3N. The lowest BCUT2D eigenvalue weighted by Gasteiger charge is -2.12. The van der Waals surface area contributed by atoms with Crippen molar-refractivity contribution in [2.24, 2.45) is 5.92 Å². The van der Waals surface area contributed by atoms with Crippen LogP contribution in [0.15, 0.2) is 49.8 Å². The van der Waals surface area contributed by atoms with Crippen molar-refractivity contribution in [1.82, 2.24) is 0 Å². The molecule has 0 heterocycles. The second kappa shape index (κ2) is 7.80. The van der Waals surface area contributed by atoms with Crippen molar-refractivity contribution >= 4 is 53.5 Å². The summed E-state index contributed by atoms with van der Waals surface area (Å²) in [6.45, 7) is 5.30. The van der Waals surface area contributed by atoms with E-state index in [0.29, 0.717) is 5.92 Å². The van der Waals surface area contributed by atoms with Crippen LogP contribution in [0.2, 0.25) is 0 Å². The Morgan fingerprint density at radius 1 is 0.905 bits per heavy atom. The highest BCUT2D eigenvalue weighted by molar-refractivity contribution is 9.11. The normalized spacial score (nSPS) is 11.0. The van der Waals surface area contributed by atoms with Crippen molar-refractivity contribution in [2.45, 2.75) is 26.8 Å². The molecule has 2 aromatic rings. The maximum atomic E-state index is 3.59. The molecule has 0 unspecified atom stereocenters. The van der Waals surface area contributed by atoms with Crippen molar-refractivity contribution in [3.05, 3.63) is 60.9 Å². The molecule has 0 spiro atoms. The van der Waals surface area contributed by atoms with Crippen molar-refractivity contribution < 1.29 is 0 Å². The highest BCUT2D eigenvalue weighted by Gasteiger charge is 2.06. The fraction of sp³-hybridized carbons (Fsp3) is 0.294. The molecule has 1 N–H and O–H groups in total. The maximum Gasteiger partial charge on any atom is 0.0632 e. The van der Waals surface area contributed by atoms with Gasteiger partial charge in [0.05, 0.1) is 5.69 Å². The molecule has 1 nitrogen and oxygen atoms in total. The van der Waals surface area contributed by atoms with Gasteiger partial charge in [-0.1, -0.05) is 54.0 Å². The molecule has 0 atom stereocenters. The Bertz CT molecular complexity index is 583. The summed E-state index contributed by atoms with van der Waals surface area (Å²) in [5, 5.41) is 3.47. The molecule has 2 rings (SSSR count). The first kappa shape index (κ1) is 17.0. The zero-order valence-electron chi connectivity index (χ0n) is 12.1. The standard InChI is InChI=1S/C17H18Br3N/c1-11(2)7-12-3-5-13(6-4-12)10-21-17-15(19)8-14(18)9-16(17)20/h3-6,8-9,11,21H,7,10H2,1-2H3. The van der Waals surface area contributed by atoms with E-state index < -0.39 is 0 Å². The molecular weight excluding hydrogens is 458 g/mol. The minimum Gasteiger partial charge on any atom is -0.379 e. The molecule has 21 heavy (non-hydrogen) atoms. The summed E-state index contributed by atoms with van der Waals surface area (Å²) in [5.41, 5.74) is 3.76. The number of halogens is 3. The van der Waals surface area contributed by atoms with E-state index in [0.717, 1.165) is 32.1 Å². The molecule has 0 amide bonds. The smallest absolute Gasteiger partial charge is 0.0632 e. The summed E-state index contributed by atoms with van der Waals surface area (Å²) in [6.07, 6.45) is 1.14. The van der Waals surface area contributed by atoms with Gasteiger partial charge in [-0.2, -0.15) is 0 Å². The van der Waals surface area contributed by atoms with Crippen LogP contribution >= 0.6 is 47.8 Å². The van der Waals surface area contributed by atoms with Gasteiger partial charge < -0.3 is 5.32 Å². The molecule has 0 aliphatic rings. The third kappa shape index (κ3) is 5.11. The number of anilines is 1. The van der Waals surface area contributed by atoms with Gasteiger partial charge in [-0.3, -0.25) is 0 Å². The van der Waals surface area contributed by atoms with Gasteiger partial charge >= 0.3 is 0 Å². The second-order valence-corrected chi connectivity index (χ2v) is 8.14. The van der Waals surface area contributed by atoms with Gasteiger partial charge in [-0.25, -0.2) is 0 Å². The fourth-order valence-electron chi connectivity index (χ4n) is 2.17. The van der Waals surface area contributed by atoms with Crippen LogP contribution in [-0.4, -0.2) is 0 Å². The first-order valence-electron chi connectivity index (χ1n) is 6.92. The van der Waals surface area contributed by atoms with Crippen LogP contribution in [0.4, 0.5) is 5.69 Å². The average Bonchev–Trinajstić information content (AvgIpc) is 2.38. The van der Waals surface area contributed by atoms with Gasteiger partial charge in [0.1, 0.15) is 0 Å². The van der Waals surface area contributed by atoms with Crippen LogP contribution in [0, 0.1) is 5.92 Å². The third-order valence-corrected chi connectivity index (χ3v) is 4.85. The molecule has 0 aliphatic carbocycles. The van der Waals surface area contributed by atoms with E-state index >= 15 is 0 Å². The first-order chi connectivity index (χ1) is 9.95. The van der Waals surface area contributed by atoms with Crippen LogP contribution in [0.25, 0.3) is 0 Å². The number of nitrogens with one attached hydrogen (secondary N) is 1. The molecule has 0 radical (unpaired) electrons. The molecule has 0 aromatic heterocycles. The average molecular weight is 476 g/mol. The lowest BCUT2D eigenvalue weighted by atomic mass is 10.0. The fourth-order valence-corrected chi connectivity index (χ4v) is 4.71. The minimum atomic E-state index is 0.698. The quantitative estimate of drug-likeness (QED) is 0.502. The third-order valence-electron chi connectivity index (χ3n) is 3.14. The van der Waals surface area contributed by atoms with Crippen LogP contribution < -0.4 is 5.32 Å². The van der Waals surface area contributed by atoms with Gasteiger partial charge in [0.2, 0.25) is 0 Å². The van der Waals surface area contributed by atoms with Crippen LogP contribution in [0.5, 0.6) is 0 Å². The highest BCUT2D eigenvalue weighted by Crippen LogP contribution is 2.34. The Hall–Kier alpha value is -0.320. The number of benzene rings is 2. The van der Waals surface area contributed by atoms with Crippen molar-refractivity contribution in [3.63, 3.8) is 0 Å². The Labute approximate surface area is 151 Å². The second-order valence-electron chi connectivity index (χ2n) is 5.51. The Balaban J connectivity index is 2.03. The Morgan fingerprint density at radius 3 is 1.95 bits per heavy atom. The zero-order valence-corrected chi connectivity index (χ0v) is 16.8. The van der Waals surface area contributed by atoms with E-state index in [4.69, 9.17) is 0 Å². The van der Waals surface area contributed by atoms with E-state index in [1.165, 1.54) is 11.1 Å². The summed E-state index contributed by atoms with van der Waals surface area (Å²) in [5.74, 6) is 0.698. The summed E-state index contributed by atoms with van der Waals surface area (Å²) in [7, 11) is 0. The number of hydrogen-bond acceptors (Lipinski definition) is 1. The molecule has 0 fully saturated rings. The molecule has 0 aliphatic heterocycles. The summed E-state index contributed by atoms with van der Waals surface area (Å²) < 4.78 is 3.13. The van der Waals surface area contributed by atoms with Gasteiger partial charge in [0.25, 0.3) is 0 Å². The van der Waals surface area contributed by atoms with Crippen molar-refractivity contribution in [1.29, 1.82) is 0 Å². The van der Waals surface area contributed by atoms with Gasteiger partial charge in [0, 0.05) is 20.0 Å². The highest BCUT2D eigenvalue weighted by atomic mass is 79.9. The van der Waals surface area contributed by atoms with Crippen molar-refractivity contribution in [2.75, 3.05) is 5.32 Å². The molecule has 2 aromatic carbocycles. The number of rotatable bonds is 5. The SMILES string of the molecule is CC(C)Cc1ccc(CNc2c(Br)cc(Br)cc2Br)cc1. The monoisotopic (exact) mass is 473 g/mol. The molecule has 0 saturated carbocycles. The largest absolute Gasteiger partial charge is 0.379 e. The lowest BCUT2D eigenvalue weighted by Crippen LogP contribution is -2.01. The topological polar surface area (TPSA) is 12.0 Å². The summed E-state index contributed by atoms with van der Waals surface area (Å²) >= 11 is 10.7. The first-order valence-corrected chi connectivity index (χ1v) is 9.30. The Morgan fingerprint density at radius 2 is 1.43 bits per heavy atom. The van der Waals surface area contributed by atoms with Gasteiger partial charge in [-0.15, -0.1) is 0 Å².